The van der Waals surface area contributed by atoms with Gasteiger partial charge in [-0.2, -0.15) is 0 Å². The van der Waals surface area contributed by atoms with Gasteiger partial charge in [-0.05, 0) is 31.0 Å². The van der Waals surface area contributed by atoms with Crippen LogP contribution in [0.25, 0.3) is 0 Å². The highest BCUT2D eigenvalue weighted by Crippen LogP contribution is 2.36. The van der Waals surface area contributed by atoms with Crippen molar-refractivity contribution in [2.24, 2.45) is 5.73 Å². The van der Waals surface area contributed by atoms with Gasteiger partial charge in [-0.3, -0.25) is 0 Å². The molecule has 2 N–H and O–H groups in total. The van der Waals surface area contributed by atoms with Crippen LogP contribution in [0, 0.1) is 12.3 Å². The number of nitrogens with two attached hydrogens (primary N) is 1. The van der Waals surface area contributed by atoms with Gasteiger partial charge in [0.1, 0.15) is 7.14 Å². The highest BCUT2D eigenvalue weighted by molar-refractivity contribution is 7.70. The summed E-state index contributed by atoms with van der Waals surface area (Å²) in [6, 6.07) is 5.52. The van der Waals surface area contributed by atoms with Crippen LogP contribution in [0.3, 0.4) is 0 Å². The van der Waals surface area contributed by atoms with Gasteiger partial charge in [-0.25, -0.2) is 0 Å². The SMILES string of the molecule is C#Cc1ccc(CN)cc1P(C)(C)=O. The van der Waals surface area contributed by atoms with E-state index in [9.17, 15) is 4.57 Å². The molecule has 0 radical (unpaired) electrons. The van der Waals surface area contributed by atoms with E-state index in [0.29, 0.717) is 12.1 Å². The maximum atomic E-state index is 11.9. The molecule has 1 rings (SSSR count). The summed E-state index contributed by atoms with van der Waals surface area (Å²) in [6.45, 7) is 3.87. The molecule has 0 atom stereocenters. The molecule has 0 aliphatic carbocycles. The van der Waals surface area contributed by atoms with Gasteiger partial charge in [0, 0.05) is 17.4 Å². The molecule has 74 valence electrons. The minimum atomic E-state index is -2.31. The van der Waals surface area contributed by atoms with Gasteiger partial charge in [0.15, 0.2) is 0 Å². The maximum Gasteiger partial charge on any atom is 0.111 e. The lowest BCUT2D eigenvalue weighted by Gasteiger charge is -2.11. The van der Waals surface area contributed by atoms with Crippen molar-refractivity contribution in [1.82, 2.24) is 0 Å². The maximum absolute atomic E-state index is 11.9. The van der Waals surface area contributed by atoms with Crippen LogP contribution in [-0.4, -0.2) is 13.3 Å². The Morgan fingerprint density at radius 1 is 1.50 bits per heavy atom. The highest BCUT2D eigenvalue weighted by Gasteiger charge is 2.15. The number of hydrogen-bond acceptors (Lipinski definition) is 2. The van der Waals surface area contributed by atoms with E-state index in [-0.39, 0.29) is 0 Å². The number of hydrogen-bond donors (Lipinski definition) is 1. The summed E-state index contributed by atoms with van der Waals surface area (Å²) in [4.78, 5) is 0. The summed E-state index contributed by atoms with van der Waals surface area (Å²) in [7, 11) is -2.31. The van der Waals surface area contributed by atoms with Crippen molar-refractivity contribution in [2.75, 3.05) is 13.3 Å². The van der Waals surface area contributed by atoms with Crippen molar-refractivity contribution >= 4 is 12.4 Å². The van der Waals surface area contributed by atoms with Gasteiger partial charge in [-0.15, -0.1) is 6.42 Å². The molecule has 2 nitrogen and oxygen atoms in total. The second kappa shape index (κ2) is 4.00. The van der Waals surface area contributed by atoms with Gasteiger partial charge >= 0.3 is 0 Å². The largest absolute Gasteiger partial charge is 0.326 e. The molecule has 0 heterocycles. The zero-order valence-corrected chi connectivity index (χ0v) is 9.34. The predicted molar refractivity (Wildman–Crippen MR) is 61.4 cm³/mol. The first-order chi connectivity index (χ1) is 6.49. The van der Waals surface area contributed by atoms with Gasteiger partial charge in [0.2, 0.25) is 0 Å². The molecule has 0 aliphatic heterocycles. The minimum absolute atomic E-state index is 0.442. The van der Waals surface area contributed by atoms with Crippen molar-refractivity contribution < 1.29 is 4.57 Å². The first kappa shape index (κ1) is 11.0. The van der Waals surface area contributed by atoms with Crippen LogP contribution < -0.4 is 11.0 Å². The van der Waals surface area contributed by atoms with E-state index in [1.165, 1.54) is 0 Å². The third-order valence-corrected chi connectivity index (χ3v) is 3.56. The van der Waals surface area contributed by atoms with Crippen LogP contribution in [0.4, 0.5) is 0 Å². The van der Waals surface area contributed by atoms with Gasteiger partial charge in [0.05, 0.1) is 0 Å². The van der Waals surface area contributed by atoms with Crippen molar-refractivity contribution in [1.29, 1.82) is 0 Å². The molecule has 0 amide bonds. The molecule has 3 heteroatoms. The lowest BCUT2D eigenvalue weighted by atomic mass is 10.1. The molecular weight excluding hydrogens is 193 g/mol. The molecule has 14 heavy (non-hydrogen) atoms. The van der Waals surface area contributed by atoms with E-state index < -0.39 is 7.14 Å². The Morgan fingerprint density at radius 3 is 2.57 bits per heavy atom. The van der Waals surface area contributed by atoms with Crippen molar-refractivity contribution in [2.45, 2.75) is 6.54 Å². The molecule has 0 aromatic heterocycles. The monoisotopic (exact) mass is 207 g/mol. The van der Waals surface area contributed by atoms with Crippen LogP contribution in [0.1, 0.15) is 11.1 Å². The van der Waals surface area contributed by atoms with E-state index in [0.717, 1.165) is 10.9 Å². The molecule has 0 saturated heterocycles. The van der Waals surface area contributed by atoms with Crippen molar-refractivity contribution in [3.8, 4) is 12.3 Å². The van der Waals surface area contributed by atoms with Crippen LogP contribution in [0.5, 0.6) is 0 Å². The quantitative estimate of drug-likeness (QED) is 0.588. The topological polar surface area (TPSA) is 43.1 Å². The number of benzene rings is 1. The Morgan fingerprint density at radius 2 is 2.14 bits per heavy atom. The lowest BCUT2D eigenvalue weighted by Crippen LogP contribution is -2.10. The van der Waals surface area contributed by atoms with Crippen molar-refractivity contribution in [3.05, 3.63) is 29.3 Å². The predicted octanol–water partition coefficient (Wildman–Crippen LogP) is 1.37. The standard InChI is InChI=1S/C11H14NOP/c1-4-10-6-5-9(8-12)7-11(10)14(2,3)13/h1,5-7H,8,12H2,2-3H3. The molecule has 0 bridgehead atoms. The minimum Gasteiger partial charge on any atom is -0.326 e. The first-order valence-electron chi connectivity index (χ1n) is 4.34. The van der Waals surface area contributed by atoms with Crippen LogP contribution in [0.15, 0.2) is 18.2 Å². The van der Waals surface area contributed by atoms with E-state index in [2.05, 4.69) is 5.92 Å². The Labute approximate surface area is 84.9 Å². The second-order valence-electron chi connectivity index (χ2n) is 3.55. The van der Waals surface area contributed by atoms with E-state index in [1.807, 2.05) is 12.1 Å². The summed E-state index contributed by atoms with van der Waals surface area (Å²) in [6.07, 6.45) is 5.34. The molecular formula is C11H14NOP. The Hall–Kier alpha value is -1.03. The summed E-state index contributed by atoms with van der Waals surface area (Å²) in [5.41, 5.74) is 7.18. The van der Waals surface area contributed by atoms with Crippen molar-refractivity contribution in [3.63, 3.8) is 0 Å². The third kappa shape index (κ3) is 2.26. The molecule has 0 spiro atoms. The fourth-order valence-electron chi connectivity index (χ4n) is 1.27. The van der Waals surface area contributed by atoms with Gasteiger partial charge in [-0.1, -0.05) is 12.0 Å². The zero-order chi connectivity index (χ0) is 10.8. The lowest BCUT2D eigenvalue weighted by molar-refractivity contribution is 0.588. The summed E-state index contributed by atoms with van der Waals surface area (Å²) < 4.78 is 11.9. The molecule has 0 fully saturated rings. The van der Waals surface area contributed by atoms with E-state index in [1.54, 1.807) is 19.4 Å². The molecule has 0 saturated carbocycles. The average molecular weight is 207 g/mol. The molecule has 1 aromatic rings. The first-order valence-corrected chi connectivity index (χ1v) is 6.94. The van der Waals surface area contributed by atoms with Crippen LogP contribution in [-0.2, 0) is 11.1 Å². The summed E-state index contributed by atoms with van der Waals surface area (Å²) in [5.74, 6) is 2.54. The Bertz CT molecular complexity index is 425. The van der Waals surface area contributed by atoms with E-state index in [4.69, 9.17) is 12.2 Å². The molecule has 1 aromatic carbocycles. The van der Waals surface area contributed by atoms with Gasteiger partial charge < -0.3 is 10.3 Å². The summed E-state index contributed by atoms with van der Waals surface area (Å²) >= 11 is 0. The average Bonchev–Trinajstić information content (AvgIpc) is 2.15. The smallest absolute Gasteiger partial charge is 0.111 e. The van der Waals surface area contributed by atoms with Crippen LogP contribution >= 0.6 is 7.14 Å². The molecule has 0 aliphatic rings. The van der Waals surface area contributed by atoms with E-state index >= 15 is 0 Å². The Balaban J connectivity index is 3.39. The van der Waals surface area contributed by atoms with Gasteiger partial charge in [0.25, 0.3) is 0 Å². The summed E-state index contributed by atoms with van der Waals surface area (Å²) in [5, 5.41) is 0.753. The normalized spacial score (nSPS) is 11.0. The number of terminal acetylenes is 1. The third-order valence-electron chi connectivity index (χ3n) is 2.03. The fourth-order valence-corrected chi connectivity index (χ4v) is 2.47. The second-order valence-corrected chi connectivity index (χ2v) is 6.73. The fraction of sp³-hybridized carbons (Fsp3) is 0.273. The number of rotatable bonds is 2. The zero-order valence-electron chi connectivity index (χ0n) is 8.45. The highest BCUT2D eigenvalue weighted by atomic mass is 31.2. The van der Waals surface area contributed by atoms with Crippen LogP contribution in [0.2, 0.25) is 0 Å². The molecule has 0 unspecified atom stereocenters. The Kier molecular flexibility index (Phi) is 3.16.